The number of carbonyl (C=O) groups is 1. The molecule has 1 saturated heterocycles. The Morgan fingerprint density at radius 2 is 2.13 bits per heavy atom. The van der Waals surface area contributed by atoms with Crippen LogP contribution in [0.5, 0.6) is 0 Å². The minimum absolute atomic E-state index is 0.0417. The first-order valence-electron chi connectivity index (χ1n) is 5.42. The lowest BCUT2D eigenvalue weighted by Gasteiger charge is -2.29. The lowest BCUT2D eigenvalue weighted by Crippen LogP contribution is -2.40. The van der Waals surface area contributed by atoms with Crippen molar-refractivity contribution in [3.63, 3.8) is 0 Å². The first-order chi connectivity index (χ1) is 7.13. The molecule has 0 atom stereocenters. The smallest absolute Gasteiger partial charge is 0.248 e. The molecule has 1 heterocycles. The van der Waals surface area contributed by atoms with E-state index in [1.54, 1.807) is 4.90 Å². The number of nitrogens with zero attached hydrogens (tertiary/aromatic N) is 2. The average molecular weight is 210 g/mol. The Bertz CT molecular complexity index is 250. The van der Waals surface area contributed by atoms with Crippen LogP contribution in [0.15, 0.2) is 0 Å². The molecule has 0 aromatic carbocycles. The zero-order valence-corrected chi connectivity index (χ0v) is 9.40. The number of piperidine rings is 1. The normalized spacial score (nSPS) is 17.9. The van der Waals surface area contributed by atoms with Crippen molar-refractivity contribution < 1.29 is 9.53 Å². The van der Waals surface area contributed by atoms with Gasteiger partial charge in [0.15, 0.2) is 0 Å². The first-order valence-corrected chi connectivity index (χ1v) is 5.42. The lowest BCUT2D eigenvalue weighted by atomic mass is 9.99. The Hall–Kier alpha value is -1.08. The Morgan fingerprint density at radius 3 is 2.60 bits per heavy atom. The van der Waals surface area contributed by atoms with Gasteiger partial charge in [0.2, 0.25) is 5.91 Å². The van der Waals surface area contributed by atoms with Crippen LogP contribution >= 0.6 is 0 Å². The number of carbonyl (C=O) groups excluding carboxylic acids is 1. The Kier molecular flexibility index (Phi) is 4.57. The second-order valence-electron chi connectivity index (χ2n) is 4.14. The number of nitriles is 1. The fourth-order valence-corrected chi connectivity index (χ4v) is 1.59. The molecule has 1 aliphatic rings. The van der Waals surface area contributed by atoms with Gasteiger partial charge in [-0.15, -0.1) is 0 Å². The fraction of sp³-hybridized carbons (Fsp3) is 0.818. The van der Waals surface area contributed by atoms with Crippen molar-refractivity contribution in [1.29, 1.82) is 5.26 Å². The molecule has 1 aliphatic heterocycles. The van der Waals surface area contributed by atoms with Crippen molar-refractivity contribution >= 4 is 5.91 Å². The predicted molar refractivity (Wildman–Crippen MR) is 56.0 cm³/mol. The van der Waals surface area contributed by atoms with Crippen molar-refractivity contribution in [3.8, 4) is 6.07 Å². The highest BCUT2D eigenvalue weighted by molar-refractivity contribution is 5.77. The number of ether oxygens (including phenoxy) is 1. The van der Waals surface area contributed by atoms with Gasteiger partial charge in [0, 0.05) is 19.0 Å². The summed E-state index contributed by atoms with van der Waals surface area (Å²) in [6.45, 7) is 5.37. The molecule has 0 N–H and O–H groups in total. The van der Waals surface area contributed by atoms with Gasteiger partial charge in [-0.2, -0.15) is 5.26 Å². The highest BCUT2D eigenvalue weighted by atomic mass is 16.5. The topological polar surface area (TPSA) is 53.3 Å². The van der Waals surface area contributed by atoms with Crippen LogP contribution < -0.4 is 0 Å². The molecule has 1 amide bonds. The van der Waals surface area contributed by atoms with E-state index in [0.29, 0.717) is 13.1 Å². The molecule has 1 fully saturated rings. The van der Waals surface area contributed by atoms with Crippen LogP contribution in [0.2, 0.25) is 0 Å². The largest absolute Gasteiger partial charge is 0.369 e. The quantitative estimate of drug-likeness (QED) is 0.702. The molecule has 4 nitrogen and oxygen atoms in total. The van der Waals surface area contributed by atoms with Gasteiger partial charge < -0.3 is 9.64 Å². The molecule has 0 aliphatic carbocycles. The van der Waals surface area contributed by atoms with Gasteiger partial charge in [-0.05, 0) is 26.7 Å². The summed E-state index contributed by atoms with van der Waals surface area (Å²) in [5, 5.41) is 8.71. The molecule has 0 saturated carbocycles. The molecule has 0 aromatic heterocycles. The minimum atomic E-state index is 0.0417. The van der Waals surface area contributed by atoms with Gasteiger partial charge in [-0.1, -0.05) is 0 Å². The van der Waals surface area contributed by atoms with Crippen LogP contribution in [0, 0.1) is 17.2 Å². The van der Waals surface area contributed by atoms with Gasteiger partial charge in [-0.3, -0.25) is 4.79 Å². The molecule has 84 valence electrons. The fourth-order valence-electron chi connectivity index (χ4n) is 1.59. The molecule has 1 rings (SSSR count). The van der Waals surface area contributed by atoms with E-state index < -0.39 is 0 Å². The van der Waals surface area contributed by atoms with Crippen LogP contribution in [-0.4, -0.2) is 36.6 Å². The molecule has 0 aromatic rings. The third-order valence-electron chi connectivity index (χ3n) is 2.57. The monoisotopic (exact) mass is 210 g/mol. The number of rotatable bonds is 3. The maximum absolute atomic E-state index is 11.6. The van der Waals surface area contributed by atoms with Crippen molar-refractivity contribution in [2.75, 3.05) is 19.7 Å². The highest BCUT2D eigenvalue weighted by Gasteiger charge is 2.22. The van der Waals surface area contributed by atoms with Crippen LogP contribution in [0.4, 0.5) is 0 Å². The van der Waals surface area contributed by atoms with Crippen LogP contribution in [0.1, 0.15) is 26.7 Å². The Labute approximate surface area is 90.8 Å². The van der Waals surface area contributed by atoms with Crippen molar-refractivity contribution in [3.05, 3.63) is 0 Å². The van der Waals surface area contributed by atoms with E-state index in [2.05, 4.69) is 6.07 Å². The molecular formula is C11H18N2O2. The third-order valence-corrected chi connectivity index (χ3v) is 2.57. The van der Waals surface area contributed by atoms with E-state index in [-0.39, 0.29) is 24.5 Å². The molecule has 0 unspecified atom stereocenters. The summed E-state index contributed by atoms with van der Waals surface area (Å²) in [5.74, 6) is 0.167. The third kappa shape index (κ3) is 3.88. The second-order valence-corrected chi connectivity index (χ2v) is 4.14. The summed E-state index contributed by atoms with van der Waals surface area (Å²) in [6, 6.07) is 2.24. The number of amides is 1. The van der Waals surface area contributed by atoms with E-state index in [1.165, 1.54) is 0 Å². The van der Waals surface area contributed by atoms with Gasteiger partial charge >= 0.3 is 0 Å². The van der Waals surface area contributed by atoms with E-state index >= 15 is 0 Å². The van der Waals surface area contributed by atoms with E-state index in [0.717, 1.165) is 12.8 Å². The van der Waals surface area contributed by atoms with E-state index in [4.69, 9.17) is 10.00 Å². The maximum Gasteiger partial charge on any atom is 0.248 e. The summed E-state index contributed by atoms with van der Waals surface area (Å²) in [5.41, 5.74) is 0. The molecule has 4 heteroatoms. The Balaban J connectivity index is 2.27. The van der Waals surface area contributed by atoms with Gasteiger partial charge in [0.25, 0.3) is 0 Å². The summed E-state index contributed by atoms with van der Waals surface area (Å²) < 4.78 is 5.25. The van der Waals surface area contributed by atoms with Crippen LogP contribution in [-0.2, 0) is 9.53 Å². The molecule has 15 heavy (non-hydrogen) atoms. The molecular weight excluding hydrogens is 192 g/mol. The molecule has 0 radical (unpaired) electrons. The maximum atomic E-state index is 11.6. The highest BCUT2D eigenvalue weighted by Crippen LogP contribution is 2.15. The lowest BCUT2D eigenvalue weighted by molar-refractivity contribution is -0.138. The Morgan fingerprint density at radius 1 is 1.53 bits per heavy atom. The number of likely N-dealkylation sites (tertiary alicyclic amines) is 1. The zero-order valence-electron chi connectivity index (χ0n) is 9.40. The summed E-state index contributed by atoms with van der Waals surface area (Å²) in [4.78, 5) is 13.4. The number of hydrogen-bond acceptors (Lipinski definition) is 3. The SMILES string of the molecule is CC(C)OCC(=O)N1CCC(C#N)CC1. The van der Waals surface area contributed by atoms with Crippen molar-refractivity contribution in [2.45, 2.75) is 32.8 Å². The minimum Gasteiger partial charge on any atom is -0.369 e. The van der Waals surface area contributed by atoms with E-state index in [1.807, 2.05) is 13.8 Å². The zero-order chi connectivity index (χ0) is 11.3. The summed E-state index contributed by atoms with van der Waals surface area (Å²) >= 11 is 0. The first kappa shape index (κ1) is 12.0. The number of hydrogen-bond donors (Lipinski definition) is 0. The van der Waals surface area contributed by atoms with Crippen molar-refractivity contribution in [2.24, 2.45) is 5.92 Å². The van der Waals surface area contributed by atoms with Gasteiger partial charge in [0.1, 0.15) is 6.61 Å². The van der Waals surface area contributed by atoms with Gasteiger partial charge in [-0.25, -0.2) is 0 Å². The van der Waals surface area contributed by atoms with Crippen molar-refractivity contribution in [1.82, 2.24) is 4.90 Å². The van der Waals surface area contributed by atoms with E-state index in [9.17, 15) is 4.79 Å². The molecule has 0 bridgehead atoms. The van der Waals surface area contributed by atoms with Crippen LogP contribution in [0.3, 0.4) is 0 Å². The second kappa shape index (κ2) is 5.72. The molecule has 0 spiro atoms. The standard InChI is InChI=1S/C11H18N2O2/c1-9(2)15-8-11(14)13-5-3-10(7-12)4-6-13/h9-10H,3-6,8H2,1-2H3. The summed E-state index contributed by atoms with van der Waals surface area (Å²) in [6.07, 6.45) is 1.68. The van der Waals surface area contributed by atoms with Crippen LogP contribution in [0.25, 0.3) is 0 Å². The average Bonchev–Trinajstić information content (AvgIpc) is 2.26. The van der Waals surface area contributed by atoms with Gasteiger partial charge in [0.05, 0.1) is 12.2 Å². The summed E-state index contributed by atoms with van der Waals surface area (Å²) in [7, 11) is 0. The predicted octanol–water partition coefficient (Wildman–Crippen LogP) is 1.17.